The molecule has 1 aromatic carbocycles. The van der Waals surface area contributed by atoms with Gasteiger partial charge in [0.1, 0.15) is 5.75 Å². The number of hydrogen-bond acceptors (Lipinski definition) is 2. The van der Waals surface area contributed by atoms with E-state index in [-0.39, 0.29) is 0 Å². The Morgan fingerprint density at radius 2 is 2.25 bits per heavy atom. The van der Waals surface area contributed by atoms with Gasteiger partial charge in [-0.2, -0.15) is 0 Å². The number of likely N-dealkylation sites (N-methyl/N-ethyl adjacent to an activating group) is 1. The van der Waals surface area contributed by atoms with E-state index in [0.29, 0.717) is 6.10 Å². The summed E-state index contributed by atoms with van der Waals surface area (Å²) in [5.41, 5.74) is 1.20. The fourth-order valence-electron chi connectivity index (χ4n) is 1.79. The van der Waals surface area contributed by atoms with Gasteiger partial charge in [-0.25, -0.2) is 0 Å². The fourth-order valence-corrected chi connectivity index (χ4v) is 1.98. The molecule has 0 heterocycles. The second-order valence-electron chi connectivity index (χ2n) is 4.28. The summed E-state index contributed by atoms with van der Waals surface area (Å²) in [6, 6.07) is 5.90. The molecule has 2 nitrogen and oxygen atoms in total. The molecule has 1 aliphatic carbocycles. The van der Waals surface area contributed by atoms with Gasteiger partial charge < -0.3 is 10.1 Å². The van der Waals surface area contributed by atoms with Gasteiger partial charge >= 0.3 is 0 Å². The molecule has 0 radical (unpaired) electrons. The predicted octanol–water partition coefficient (Wildman–Crippen LogP) is 3.03. The van der Waals surface area contributed by atoms with Crippen molar-refractivity contribution in [2.45, 2.75) is 31.8 Å². The van der Waals surface area contributed by atoms with E-state index in [0.717, 1.165) is 23.7 Å². The van der Waals surface area contributed by atoms with Crippen molar-refractivity contribution in [2.24, 2.45) is 0 Å². The fraction of sp³-hybridized carbons (Fsp3) is 0.538. The van der Waals surface area contributed by atoms with Crippen LogP contribution in [0.3, 0.4) is 0 Å². The molecule has 1 aliphatic rings. The monoisotopic (exact) mass is 239 g/mol. The smallest absolute Gasteiger partial charge is 0.123 e. The molecule has 1 N–H and O–H groups in total. The minimum atomic E-state index is 0.425. The van der Waals surface area contributed by atoms with E-state index < -0.39 is 0 Å². The van der Waals surface area contributed by atoms with Crippen LogP contribution in [0.1, 0.15) is 24.8 Å². The summed E-state index contributed by atoms with van der Waals surface area (Å²) in [4.78, 5) is 0. The average molecular weight is 240 g/mol. The first-order chi connectivity index (χ1) is 7.79. The molecule has 2 rings (SSSR count). The minimum Gasteiger partial charge on any atom is -0.490 e. The van der Waals surface area contributed by atoms with Crippen LogP contribution in [0.25, 0.3) is 0 Å². The summed E-state index contributed by atoms with van der Waals surface area (Å²) in [6.07, 6.45) is 5.06. The molecule has 0 aromatic heterocycles. The van der Waals surface area contributed by atoms with Crippen LogP contribution in [0, 0.1) is 0 Å². The summed E-state index contributed by atoms with van der Waals surface area (Å²) in [5, 5.41) is 3.93. The highest BCUT2D eigenvalue weighted by atomic mass is 35.5. The molecule has 88 valence electrons. The lowest BCUT2D eigenvalue weighted by atomic mass is 9.96. The average Bonchev–Trinajstić information content (AvgIpc) is 2.22. The van der Waals surface area contributed by atoms with Crippen LogP contribution in [0.4, 0.5) is 0 Å². The van der Waals surface area contributed by atoms with Crippen molar-refractivity contribution in [1.29, 1.82) is 0 Å². The maximum atomic E-state index is 6.00. The molecular weight excluding hydrogens is 222 g/mol. The van der Waals surface area contributed by atoms with Crippen molar-refractivity contribution in [3.05, 3.63) is 28.8 Å². The Hall–Kier alpha value is -0.730. The Balaban J connectivity index is 2.07. The van der Waals surface area contributed by atoms with Crippen LogP contribution >= 0.6 is 11.6 Å². The number of benzene rings is 1. The number of nitrogens with one attached hydrogen (secondary N) is 1. The van der Waals surface area contributed by atoms with E-state index in [1.165, 1.54) is 24.8 Å². The van der Waals surface area contributed by atoms with Gasteiger partial charge in [0, 0.05) is 5.02 Å². The lowest BCUT2D eigenvalue weighted by molar-refractivity contribution is 0.119. The van der Waals surface area contributed by atoms with E-state index in [9.17, 15) is 0 Å². The van der Waals surface area contributed by atoms with Crippen LogP contribution in [0.2, 0.25) is 5.02 Å². The van der Waals surface area contributed by atoms with Gasteiger partial charge in [0.25, 0.3) is 0 Å². The maximum Gasteiger partial charge on any atom is 0.123 e. The second-order valence-corrected chi connectivity index (χ2v) is 4.71. The predicted molar refractivity (Wildman–Crippen MR) is 67.3 cm³/mol. The molecule has 0 spiro atoms. The van der Waals surface area contributed by atoms with Crippen molar-refractivity contribution >= 4 is 11.6 Å². The molecular formula is C13H18ClNO. The first-order valence-electron chi connectivity index (χ1n) is 5.89. The SMILES string of the molecule is CNCCc1cc(Cl)ccc1OC1CCC1. The molecule has 0 atom stereocenters. The highest BCUT2D eigenvalue weighted by Crippen LogP contribution is 2.29. The van der Waals surface area contributed by atoms with Crippen LogP contribution in [0.5, 0.6) is 5.75 Å². The Kier molecular flexibility index (Phi) is 4.08. The van der Waals surface area contributed by atoms with Crippen molar-refractivity contribution in [1.82, 2.24) is 5.32 Å². The highest BCUT2D eigenvalue weighted by Gasteiger charge is 2.20. The topological polar surface area (TPSA) is 21.3 Å². The van der Waals surface area contributed by atoms with Gasteiger partial charge in [-0.15, -0.1) is 0 Å². The van der Waals surface area contributed by atoms with E-state index in [1.54, 1.807) is 0 Å². The van der Waals surface area contributed by atoms with Gasteiger partial charge in [-0.05, 0) is 63.0 Å². The summed E-state index contributed by atoms with van der Waals surface area (Å²) in [5.74, 6) is 1.00. The van der Waals surface area contributed by atoms with Crippen molar-refractivity contribution in [2.75, 3.05) is 13.6 Å². The first-order valence-corrected chi connectivity index (χ1v) is 6.27. The van der Waals surface area contributed by atoms with Crippen LogP contribution in [-0.2, 0) is 6.42 Å². The molecule has 0 bridgehead atoms. The molecule has 16 heavy (non-hydrogen) atoms. The molecule has 1 saturated carbocycles. The number of halogens is 1. The number of rotatable bonds is 5. The van der Waals surface area contributed by atoms with Gasteiger partial charge in [0.2, 0.25) is 0 Å². The van der Waals surface area contributed by atoms with Crippen molar-refractivity contribution in [3.63, 3.8) is 0 Å². The summed E-state index contributed by atoms with van der Waals surface area (Å²) in [6.45, 7) is 0.946. The highest BCUT2D eigenvalue weighted by molar-refractivity contribution is 6.30. The zero-order valence-electron chi connectivity index (χ0n) is 9.63. The maximum absolute atomic E-state index is 6.00. The molecule has 0 unspecified atom stereocenters. The lowest BCUT2D eigenvalue weighted by Gasteiger charge is -2.27. The Morgan fingerprint density at radius 3 is 2.88 bits per heavy atom. The van der Waals surface area contributed by atoms with Crippen LogP contribution in [0.15, 0.2) is 18.2 Å². The zero-order chi connectivity index (χ0) is 11.4. The first kappa shape index (κ1) is 11.7. The van der Waals surface area contributed by atoms with E-state index >= 15 is 0 Å². The molecule has 1 aromatic rings. The molecule has 1 fully saturated rings. The number of ether oxygens (including phenoxy) is 1. The summed E-state index contributed by atoms with van der Waals surface area (Å²) >= 11 is 6.00. The van der Waals surface area contributed by atoms with E-state index in [2.05, 4.69) is 5.32 Å². The summed E-state index contributed by atoms with van der Waals surface area (Å²) in [7, 11) is 1.96. The third-order valence-electron chi connectivity index (χ3n) is 3.01. The largest absolute Gasteiger partial charge is 0.490 e. The van der Waals surface area contributed by atoms with Gasteiger partial charge in [0.05, 0.1) is 6.10 Å². The molecule has 0 aliphatic heterocycles. The van der Waals surface area contributed by atoms with Gasteiger partial charge in [-0.3, -0.25) is 0 Å². The van der Waals surface area contributed by atoms with E-state index in [4.69, 9.17) is 16.3 Å². The zero-order valence-corrected chi connectivity index (χ0v) is 10.4. The summed E-state index contributed by atoms with van der Waals surface area (Å²) < 4.78 is 5.95. The standard InChI is InChI=1S/C13H18ClNO/c1-15-8-7-10-9-11(14)5-6-13(10)16-12-3-2-4-12/h5-6,9,12,15H,2-4,7-8H2,1H3. The minimum absolute atomic E-state index is 0.425. The molecule has 0 saturated heterocycles. The van der Waals surface area contributed by atoms with E-state index in [1.807, 2.05) is 25.2 Å². The van der Waals surface area contributed by atoms with Crippen LogP contribution < -0.4 is 10.1 Å². The van der Waals surface area contributed by atoms with Crippen LogP contribution in [-0.4, -0.2) is 19.7 Å². The van der Waals surface area contributed by atoms with Gasteiger partial charge in [-0.1, -0.05) is 11.6 Å². The Bertz CT molecular complexity index is 350. The molecule has 3 heteroatoms. The third-order valence-corrected chi connectivity index (χ3v) is 3.25. The Morgan fingerprint density at radius 1 is 1.44 bits per heavy atom. The Labute approximate surface area is 102 Å². The van der Waals surface area contributed by atoms with Crippen molar-refractivity contribution < 1.29 is 4.74 Å². The quantitative estimate of drug-likeness (QED) is 0.853. The number of hydrogen-bond donors (Lipinski definition) is 1. The third kappa shape index (κ3) is 2.89. The van der Waals surface area contributed by atoms with Gasteiger partial charge in [0.15, 0.2) is 0 Å². The second kappa shape index (κ2) is 5.55. The normalized spacial score (nSPS) is 15.9. The van der Waals surface area contributed by atoms with Crippen molar-refractivity contribution in [3.8, 4) is 5.75 Å². The molecule has 0 amide bonds. The lowest BCUT2D eigenvalue weighted by Crippen LogP contribution is -2.25.